The second-order valence-electron chi connectivity index (χ2n) is 8.33. The number of nitrogens with one attached hydrogen (secondary N) is 1. The molecule has 0 bridgehead atoms. The molecule has 3 aromatic carbocycles. The normalized spacial score (nSPS) is 10.8. The van der Waals surface area contributed by atoms with Crippen molar-refractivity contribution in [2.75, 3.05) is 5.32 Å². The van der Waals surface area contributed by atoms with E-state index in [9.17, 15) is 9.18 Å². The average Bonchev–Trinajstić information content (AvgIpc) is 3.53. The van der Waals surface area contributed by atoms with Crippen LogP contribution in [0.25, 0.3) is 11.3 Å². The number of para-hydroxylation sites is 1. The fraction of sp³-hybridized carbons (Fsp3) is 0.107. The van der Waals surface area contributed by atoms with Crippen LogP contribution in [0.4, 0.5) is 10.1 Å². The first kappa shape index (κ1) is 23.0. The minimum atomic E-state index is -0.280. The Morgan fingerprint density at radius 1 is 0.972 bits per heavy atom. The highest BCUT2D eigenvalue weighted by molar-refractivity contribution is 6.04. The molecule has 2 heterocycles. The van der Waals surface area contributed by atoms with E-state index in [4.69, 9.17) is 4.74 Å². The van der Waals surface area contributed by atoms with E-state index in [0.717, 1.165) is 28.1 Å². The highest BCUT2D eigenvalue weighted by Gasteiger charge is 2.12. The smallest absolute Gasteiger partial charge is 0.255 e. The lowest BCUT2D eigenvalue weighted by molar-refractivity contribution is 0.102. The van der Waals surface area contributed by atoms with E-state index in [-0.39, 0.29) is 11.7 Å². The van der Waals surface area contributed by atoms with Crippen LogP contribution in [0.5, 0.6) is 5.75 Å². The van der Waals surface area contributed by atoms with Gasteiger partial charge in [-0.2, -0.15) is 10.2 Å². The number of carbonyl (C=O) groups excluding carboxylic acids is 1. The van der Waals surface area contributed by atoms with Gasteiger partial charge in [0.2, 0.25) is 0 Å². The lowest BCUT2D eigenvalue weighted by Crippen LogP contribution is -2.12. The summed E-state index contributed by atoms with van der Waals surface area (Å²) >= 11 is 0. The van der Waals surface area contributed by atoms with Gasteiger partial charge in [-0.3, -0.25) is 14.2 Å². The molecule has 180 valence electrons. The van der Waals surface area contributed by atoms with Gasteiger partial charge in [-0.05, 0) is 53.6 Å². The fourth-order valence-corrected chi connectivity index (χ4v) is 3.90. The van der Waals surface area contributed by atoms with Gasteiger partial charge >= 0.3 is 0 Å². The molecule has 0 aliphatic rings. The van der Waals surface area contributed by atoms with Gasteiger partial charge < -0.3 is 10.1 Å². The van der Waals surface area contributed by atoms with E-state index in [1.807, 2.05) is 55.6 Å². The molecule has 0 saturated heterocycles. The van der Waals surface area contributed by atoms with Gasteiger partial charge in [0.15, 0.2) is 0 Å². The quantitative estimate of drug-likeness (QED) is 0.326. The van der Waals surface area contributed by atoms with Crippen LogP contribution >= 0.6 is 0 Å². The molecule has 0 saturated carbocycles. The van der Waals surface area contributed by atoms with Crippen molar-refractivity contribution < 1.29 is 13.9 Å². The molecule has 8 heteroatoms. The Kier molecular flexibility index (Phi) is 6.57. The molecule has 7 nitrogen and oxygen atoms in total. The maximum absolute atomic E-state index is 13.1. The van der Waals surface area contributed by atoms with Gasteiger partial charge in [-0.1, -0.05) is 36.4 Å². The van der Waals surface area contributed by atoms with Crippen molar-refractivity contribution in [3.8, 4) is 17.0 Å². The SMILES string of the molecule is Cn1nccc1-c1ccccc1OCc1cccc(C(=O)Nc2cnn(Cc3ccc(F)cc3)c2)c1. The van der Waals surface area contributed by atoms with Crippen molar-refractivity contribution in [3.63, 3.8) is 0 Å². The minimum Gasteiger partial charge on any atom is -0.488 e. The van der Waals surface area contributed by atoms with Gasteiger partial charge in [0.05, 0.1) is 24.1 Å². The standard InChI is InChI=1S/C28H24FN5O2/c1-33-26(13-14-30-33)25-7-2-3-8-27(25)36-19-21-5-4-6-22(15-21)28(35)32-24-16-31-34(18-24)17-20-9-11-23(29)12-10-20/h2-16,18H,17,19H2,1H3,(H,32,35). The number of hydrogen-bond acceptors (Lipinski definition) is 4. The number of aryl methyl sites for hydroxylation is 1. The van der Waals surface area contributed by atoms with Crippen molar-refractivity contribution in [2.45, 2.75) is 13.2 Å². The number of hydrogen-bond donors (Lipinski definition) is 1. The summed E-state index contributed by atoms with van der Waals surface area (Å²) in [4.78, 5) is 12.9. The highest BCUT2D eigenvalue weighted by Crippen LogP contribution is 2.29. The van der Waals surface area contributed by atoms with Crippen molar-refractivity contribution >= 4 is 11.6 Å². The zero-order valence-corrected chi connectivity index (χ0v) is 19.6. The van der Waals surface area contributed by atoms with Crippen LogP contribution in [0, 0.1) is 5.82 Å². The predicted octanol–water partition coefficient (Wildman–Crippen LogP) is 5.30. The van der Waals surface area contributed by atoms with E-state index in [1.54, 1.807) is 46.2 Å². The first-order valence-electron chi connectivity index (χ1n) is 11.4. The molecule has 0 aliphatic carbocycles. The number of nitrogens with zero attached hydrogens (tertiary/aromatic N) is 4. The molecule has 0 unspecified atom stereocenters. The molecule has 5 aromatic rings. The maximum atomic E-state index is 13.1. The Morgan fingerprint density at radius 3 is 2.61 bits per heavy atom. The summed E-state index contributed by atoms with van der Waals surface area (Å²) in [6.07, 6.45) is 5.08. The highest BCUT2D eigenvalue weighted by atomic mass is 19.1. The zero-order valence-electron chi connectivity index (χ0n) is 19.6. The van der Waals surface area contributed by atoms with Crippen LogP contribution in [-0.2, 0) is 20.2 Å². The number of aromatic nitrogens is 4. The molecule has 1 amide bonds. The second kappa shape index (κ2) is 10.3. The van der Waals surface area contributed by atoms with E-state index >= 15 is 0 Å². The van der Waals surface area contributed by atoms with Crippen LogP contribution in [0.15, 0.2) is 97.5 Å². The molecular weight excluding hydrogens is 457 g/mol. The summed E-state index contributed by atoms with van der Waals surface area (Å²) in [6.45, 7) is 0.787. The number of halogens is 1. The lowest BCUT2D eigenvalue weighted by atomic mass is 10.1. The van der Waals surface area contributed by atoms with Gasteiger partial charge in [-0.15, -0.1) is 0 Å². The molecule has 36 heavy (non-hydrogen) atoms. The third-order valence-electron chi connectivity index (χ3n) is 5.72. The van der Waals surface area contributed by atoms with Crippen molar-refractivity contribution in [1.82, 2.24) is 19.6 Å². The van der Waals surface area contributed by atoms with E-state index in [1.165, 1.54) is 12.1 Å². The third kappa shape index (κ3) is 5.33. The van der Waals surface area contributed by atoms with Crippen molar-refractivity contribution in [1.29, 1.82) is 0 Å². The van der Waals surface area contributed by atoms with Crippen molar-refractivity contribution in [2.24, 2.45) is 7.05 Å². The summed E-state index contributed by atoms with van der Waals surface area (Å²) in [5.74, 6) is 0.218. The van der Waals surface area contributed by atoms with Crippen molar-refractivity contribution in [3.05, 3.63) is 120 Å². The largest absolute Gasteiger partial charge is 0.488 e. The summed E-state index contributed by atoms with van der Waals surface area (Å²) in [5.41, 5.74) is 4.78. The molecule has 0 radical (unpaired) electrons. The summed E-state index contributed by atoms with van der Waals surface area (Å²) in [5, 5.41) is 11.4. The molecule has 0 fully saturated rings. The third-order valence-corrected chi connectivity index (χ3v) is 5.72. The molecule has 0 atom stereocenters. The summed E-state index contributed by atoms with van der Waals surface area (Å²) < 4.78 is 22.7. The Hall–Kier alpha value is -4.72. The van der Waals surface area contributed by atoms with Gasteiger partial charge in [0.1, 0.15) is 18.2 Å². The zero-order chi connectivity index (χ0) is 24.9. The molecule has 5 rings (SSSR count). The number of rotatable bonds is 8. The molecule has 1 N–H and O–H groups in total. The summed E-state index contributed by atoms with van der Waals surface area (Å²) in [6, 6.07) is 23.3. The number of benzene rings is 3. The van der Waals surface area contributed by atoms with Gasteiger partial charge in [0, 0.05) is 30.6 Å². The maximum Gasteiger partial charge on any atom is 0.255 e. The fourth-order valence-electron chi connectivity index (χ4n) is 3.90. The van der Waals surface area contributed by atoms with Gasteiger partial charge in [-0.25, -0.2) is 4.39 Å². The Morgan fingerprint density at radius 2 is 1.81 bits per heavy atom. The molecule has 2 aromatic heterocycles. The first-order valence-corrected chi connectivity index (χ1v) is 11.4. The van der Waals surface area contributed by atoms with E-state index < -0.39 is 0 Å². The Labute approximate surface area is 207 Å². The number of carbonyl (C=O) groups is 1. The summed E-state index contributed by atoms with van der Waals surface area (Å²) in [7, 11) is 1.89. The van der Waals surface area contributed by atoms with Gasteiger partial charge in [0.25, 0.3) is 5.91 Å². The van der Waals surface area contributed by atoms with E-state index in [2.05, 4.69) is 15.5 Å². The van der Waals surface area contributed by atoms with Crippen LogP contribution < -0.4 is 10.1 Å². The van der Waals surface area contributed by atoms with E-state index in [0.29, 0.717) is 24.4 Å². The number of ether oxygens (including phenoxy) is 1. The Balaban J connectivity index is 1.23. The average molecular weight is 482 g/mol. The molecule has 0 spiro atoms. The van der Waals surface area contributed by atoms with Crippen LogP contribution in [0.2, 0.25) is 0 Å². The van der Waals surface area contributed by atoms with Crippen LogP contribution in [0.1, 0.15) is 21.5 Å². The molecule has 0 aliphatic heterocycles. The predicted molar refractivity (Wildman–Crippen MR) is 135 cm³/mol. The minimum absolute atomic E-state index is 0.242. The lowest BCUT2D eigenvalue weighted by Gasteiger charge is -2.12. The Bertz CT molecular complexity index is 1490. The monoisotopic (exact) mass is 481 g/mol. The van der Waals surface area contributed by atoms with Crippen LogP contribution in [-0.4, -0.2) is 25.5 Å². The number of amides is 1. The van der Waals surface area contributed by atoms with Crippen LogP contribution in [0.3, 0.4) is 0 Å². The molecular formula is C28H24FN5O2. The first-order chi connectivity index (χ1) is 17.5. The number of anilines is 1. The topological polar surface area (TPSA) is 74.0 Å². The second-order valence-corrected chi connectivity index (χ2v) is 8.33.